The number of para-hydroxylation sites is 1. The van der Waals surface area contributed by atoms with Crippen molar-refractivity contribution in [2.75, 3.05) is 17.3 Å². The van der Waals surface area contributed by atoms with Crippen LogP contribution in [0.4, 0.5) is 10.5 Å². The standard InChI is InChI=1S/C30H37N3O4S/c1-7-21-12-14-22(15-13-21)26(27(34)31-24-11-9-8-10-20(24)2)33(23-16-17-23)28(35)25(18-19-38-6)32-29(36)37-30(3,4)5/h1,8-15,23,25-26H,16-19H2,2-6H3,(H,31,34)(H,32,36). The molecule has 2 N–H and O–H groups in total. The van der Waals surface area contributed by atoms with Crippen molar-refractivity contribution in [3.8, 4) is 12.3 Å². The molecule has 1 fully saturated rings. The van der Waals surface area contributed by atoms with Crippen molar-refractivity contribution in [2.45, 2.75) is 70.7 Å². The highest BCUT2D eigenvalue weighted by Crippen LogP contribution is 2.36. The topological polar surface area (TPSA) is 87.7 Å². The number of thioether (sulfide) groups is 1. The van der Waals surface area contributed by atoms with Gasteiger partial charge in [0.05, 0.1) is 0 Å². The lowest BCUT2D eigenvalue weighted by Gasteiger charge is -2.35. The maximum absolute atomic E-state index is 14.1. The highest BCUT2D eigenvalue weighted by Gasteiger charge is 2.44. The van der Waals surface area contributed by atoms with E-state index in [0.29, 0.717) is 29.0 Å². The highest BCUT2D eigenvalue weighted by atomic mass is 32.2. The van der Waals surface area contributed by atoms with E-state index in [0.717, 1.165) is 18.4 Å². The van der Waals surface area contributed by atoms with Gasteiger partial charge < -0.3 is 20.3 Å². The molecule has 2 atom stereocenters. The number of ether oxygens (including phenoxy) is 1. The summed E-state index contributed by atoms with van der Waals surface area (Å²) in [5.41, 5.74) is 2.21. The Labute approximate surface area is 230 Å². The summed E-state index contributed by atoms with van der Waals surface area (Å²) >= 11 is 1.58. The third-order valence-electron chi connectivity index (χ3n) is 6.12. The summed E-state index contributed by atoms with van der Waals surface area (Å²) in [6, 6.07) is 12.8. The summed E-state index contributed by atoms with van der Waals surface area (Å²) in [5, 5.41) is 5.79. The first-order chi connectivity index (χ1) is 18.0. The molecule has 38 heavy (non-hydrogen) atoms. The quantitative estimate of drug-likeness (QED) is 0.404. The average molecular weight is 536 g/mol. The third kappa shape index (κ3) is 8.03. The fraction of sp³-hybridized carbons (Fsp3) is 0.433. The molecule has 0 bridgehead atoms. The molecule has 3 amide bonds. The summed E-state index contributed by atoms with van der Waals surface area (Å²) in [6.45, 7) is 7.23. The number of nitrogens with one attached hydrogen (secondary N) is 2. The molecule has 1 saturated carbocycles. The highest BCUT2D eigenvalue weighted by molar-refractivity contribution is 7.98. The van der Waals surface area contributed by atoms with Crippen molar-refractivity contribution in [2.24, 2.45) is 0 Å². The molecular weight excluding hydrogens is 498 g/mol. The number of alkyl carbamates (subject to hydrolysis) is 1. The number of nitrogens with zero attached hydrogens (tertiary/aromatic N) is 1. The predicted molar refractivity (Wildman–Crippen MR) is 153 cm³/mol. The van der Waals surface area contributed by atoms with Crippen LogP contribution >= 0.6 is 11.8 Å². The minimum Gasteiger partial charge on any atom is -0.444 e. The fourth-order valence-electron chi connectivity index (χ4n) is 4.11. The molecule has 0 aliphatic heterocycles. The van der Waals surface area contributed by atoms with E-state index in [1.807, 2.05) is 37.4 Å². The van der Waals surface area contributed by atoms with Gasteiger partial charge >= 0.3 is 6.09 Å². The summed E-state index contributed by atoms with van der Waals surface area (Å²) in [6.07, 6.45) is 8.80. The van der Waals surface area contributed by atoms with Crippen LogP contribution in [0.15, 0.2) is 48.5 Å². The van der Waals surface area contributed by atoms with Crippen LogP contribution in [0, 0.1) is 19.3 Å². The number of amides is 3. The van der Waals surface area contributed by atoms with Gasteiger partial charge in [0.2, 0.25) is 5.91 Å². The molecule has 2 unspecified atom stereocenters. The number of terminal acetylenes is 1. The first kappa shape index (κ1) is 29.1. The van der Waals surface area contributed by atoms with Crippen LogP contribution in [-0.4, -0.2) is 52.5 Å². The van der Waals surface area contributed by atoms with E-state index >= 15 is 0 Å². The zero-order chi connectivity index (χ0) is 27.9. The minimum absolute atomic E-state index is 0.111. The SMILES string of the molecule is C#Cc1ccc(C(C(=O)Nc2ccccc2C)N(C(=O)C(CCSC)NC(=O)OC(C)(C)C)C2CC2)cc1. The Bertz CT molecular complexity index is 1180. The Balaban J connectivity index is 1.99. The molecule has 1 aliphatic carbocycles. The molecule has 0 heterocycles. The summed E-state index contributed by atoms with van der Waals surface area (Å²) in [4.78, 5) is 42.3. The normalized spacial score (nSPS) is 14.5. The molecular formula is C30H37N3O4S. The first-order valence-electron chi connectivity index (χ1n) is 12.8. The second-order valence-electron chi connectivity index (χ2n) is 10.4. The van der Waals surface area contributed by atoms with Crippen LogP contribution in [-0.2, 0) is 14.3 Å². The average Bonchev–Trinajstić information content (AvgIpc) is 3.70. The Morgan fingerprint density at radius 1 is 1.13 bits per heavy atom. The smallest absolute Gasteiger partial charge is 0.408 e. The van der Waals surface area contributed by atoms with E-state index in [2.05, 4.69) is 16.6 Å². The van der Waals surface area contributed by atoms with Gasteiger partial charge in [-0.2, -0.15) is 11.8 Å². The molecule has 3 rings (SSSR count). The maximum Gasteiger partial charge on any atom is 0.408 e. The second kappa shape index (κ2) is 12.9. The van der Waals surface area contributed by atoms with Gasteiger partial charge in [0.25, 0.3) is 5.91 Å². The molecule has 202 valence electrons. The molecule has 0 radical (unpaired) electrons. The van der Waals surface area contributed by atoms with Gasteiger partial charge in [0.1, 0.15) is 17.7 Å². The van der Waals surface area contributed by atoms with Gasteiger partial charge in [0.15, 0.2) is 0 Å². The zero-order valence-corrected chi connectivity index (χ0v) is 23.6. The molecule has 0 aromatic heterocycles. The lowest BCUT2D eigenvalue weighted by atomic mass is 10.00. The van der Waals surface area contributed by atoms with E-state index in [-0.39, 0.29) is 17.9 Å². The van der Waals surface area contributed by atoms with Crippen molar-refractivity contribution in [1.82, 2.24) is 10.2 Å². The first-order valence-corrected chi connectivity index (χ1v) is 14.2. The van der Waals surface area contributed by atoms with Crippen molar-refractivity contribution < 1.29 is 19.1 Å². The second-order valence-corrected chi connectivity index (χ2v) is 11.4. The lowest BCUT2D eigenvalue weighted by molar-refractivity contribution is -0.141. The lowest BCUT2D eigenvalue weighted by Crippen LogP contribution is -2.53. The molecule has 1 aliphatic rings. The minimum atomic E-state index is -0.904. The molecule has 8 heteroatoms. The van der Waals surface area contributed by atoms with Crippen molar-refractivity contribution in [3.05, 3.63) is 65.2 Å². The molecule has 0 spiro atoms. The van der Waals surface area contributed by atoms with Gasteiger partial charge in [-0.15, -0.1) is 6.42 Å². The Hall–Kier alpha value is -3.44. The van der Waals surface area contributed by atoms with Gasteiger partial charge in [-0.25, -0.2) is 4.79 Å². The number of hydrogen-bond donors (Lipinski definition) is 2. The number of hydrogen-bond acceptors (Lipinski definition) is 5. The Morgan fingerprint density at radius 3 is 2.34 bits per heavy atom. The molecule has 2 aromatic carbocycles. The Kier molecular flexibility index (Phi) is 9.87. The largest absolute Gasteiger partial charge is 0.444 e. The van der Waals surface area contributed by atoms with Gasteiger partial charge in [0, 0.05) is 17.3 Å². The van der Waals surface area contributed by atoms with Gasteiger partial charge in [-0.05, 0) is 88.3 Å². The van der Waals surface area contributed by atoms with Crippen LogP contribution in [0.2, 0.25) is 0 Å². The van der Waals surface area contributed by atoms with Gasteiger partial charge in [-0.1, -0.05) is 36.3 Å². The van der Waals surface area contributed by atoms with Gasteiger partial charge in [-0.3, -0.25) is 9.59 Å². The molecule has 0 saturated heterocycles. The molecule has 2 aromatic rings. The number of rotatable bonds is 10. The van der Waals surface area contributed by atoms with E-state index in [1.54, 1.807) is 61.7 Å². The zero-order valence-electron chi connectivity index (χ0n) is 22.7. The number of aryl methyl sites for hydroxylation is 1. The van der Waals surface area contributed by atoms with Crippen LogP contribution in [0.5, 0.6) is 0 Å². The van der Waals surface area contributed by atoms with Crippen molar-refractivity contribution in [3.63, 3.8) is 0 Å². The van der Waals surface area contributed by atoms with Crippen LogP contribution in [0.3, 0.4) is 0 Å². The van der Waals surface area contributed by atoms with E-state index in [9.17, 15) is 14.4 Å². The number of benzene rings is 2. The van der Waals surface area contributed by atoms with Crippen molar-refractivity contribution >= 4 is 35.4 Å². The van der Waals surface area contributed by atoms with E-state index in [1.165, 1.54) is 0 Å². The van der Waals surface area contributed by atoms with Crippen LogP contribution in [0.1, 0.15) is 62.8 Å². The van der Waals surface area contributed by atoms with E-state index < -0.39 is 23.8 Å². The molecule has 7 nitrogen and oxygen atoms in total. The van der Waals surface area contributed by atoms with Crippen molar-refractivity contribution in [1.29, 1.82) is 0 Å². The number of carbonyl (C=O) groups excluding carboxylic acids is 3. The Morgan fingerprint density at radius 2 is 1.79 bits per heavy atom. The maximum atomic E-state index is 14.1. The predicted octanol–water partition coefficient (Wildman–Crippen LogP) is 5.29. The monoisotopic (exact) mass is 535 g/mol. The summed E-state index contributed by atoms with van der Waals surface area (Å²) in [7, 11) is 0. The summed E-state index contributed by atoms with van der Waals surface area (Å²) in [5.74, 6) is 2.62. The summed E-state index contributed by atoms with van der Waals surface area (Å²) < 4.78 is 5.44. The third-order valence-corrected chi connectivity index (χ3v) is 6.76. The van der Waals surface area contributed by atoms with Crippen LogP contribution in [0.25, 0.3) is 0 Å². The number of anilines is 1. The fourth-order valence-corrected chi connectivity index (χ4v) is 4.58. The number of carbonyl (C=O) groups is 3. The van der Waals surface area contributed by atoms with Crippen LogP contribution < -0.4 is 10.6 Å². The van der Waals surface area contributed by atoms with E-state index in [4.69, 9.17) is 11.2 Å².